The van der Waals surface area contributed by atoms with Gasteiger partial charge < -0.3 is 5.11 Å². The van der Waals surface area contributed by atoms with Crippen molar-refractivity contribution < 1.29 is 5.11 Å². The number of hydrogen-bond acceptors (Lipinski definition) is 2. The second-order valence-corrected chi connectivity index (χ2v) is 6.05. The summed E-state index contributed by atoms with van der Waals surface area (Å²) < 4.78 is 0. The molecule has 2 fully saturated rings. The third-order valence-corrected chi connectivity index (χ3v) is 5.53. The highest BCUT2D eigenvalue weighted by molar-refractivity contribution is 7.81. The van der Waals surface area contributed by atoms with Crippen molar-refractivity contribution in [3.8, 4) is 0 Å². The van der Waals surface area contributed by atoms with Crippen molar-refractivity contribution in [2.24, 2.45) is 16.7 Å². The van der Waals surface area contributed by atoms with Crippen molar-refractivity contribution >= 4 is 12.6 Å². The molecule has 70 valence electrons. The topological polar surface area (TPSA) is 20.2 Å². The van der Waals surface area contributed by atoms with Gasteiger partial charge in [0.2, 0.25) is 0 Å². The van der Waals surface area contributed by atoms with Gasteiger partial charge in [0.15, 0.2) is 0 Å². The van der Waals surface area contributed by atoms with E-state index in [9.17, 15) is 5.11 Å². The molecule has 2 saturated carbocycles. The maximum atomic E-state index is 10.1. The van der Waals surface area contributed by atoms with Gasteiger partial charge in [0, 0.05) is 5.41 Å². The van der Waals surface area contributed by atoms with Crippen molar-refractivity contribution in [3.63, 3.8) is 0 Å². The predicted molar refractivity (Wildman–Crippen MR) is 53.2 cm³/mol. The highest BCUT2D eigenvalue weighted by Gasteiger charge is 2.67. The minimum Gasteiger partial charge on any atom is -0.379 e. The molecular formula is C10H18OS. The average molecular weight is 186 g/mol. The second kappa shape index (κ2) is 2.03. The molecule has 0 saturated heterocycles. The van der Waals surface area contributed by atoms with E-state index >= 15 is 0 Å². The largest absolute Gasteiger partial charge is 0.379 e. The number of thiol groups is 1. The number of aliphatic hydroxyl groups is 1. The third kappa shape index (κ3) is 0.717. The zero-order valence-electron chi connectivity index (χ0n) is 8.09. The van der Waals surface area contributed by atoms with E-state index in [4.69, 9.17) is 0 Å². The smallest absolute Gasteiger partial charge is 0.113 e. The Morgan fingerprint density at radius 2 is 1.92 bits per heavy atom. The number of fused-ring (bicyclic) bond motifs is 2. The van der Waals surface area contributed by atoms with Crippen LogP contribution in [0, 0.1) is 16.7 Å². The summed E-state index contributed by atoms with van der Waals surface area (Å²) in [5, 5.41) is 10.1. The molecule has 2 rings (SSSR count). The van der Waals surface area contributed by atoms with Crippen LogP contribution in [0.1, 0.15) is 40.0 Å². The van der Waals surface area contributed by atoms with Crippen molar-refractivity contribution in [2.75, 3.05) is 0 Å². The van der Waals surface area contributed by atoms with E-state index in [0.29, 0.717) is 5.92 Å². The monoisotopic (exact) mass is 186 g/mol. The van der Waals surface area contributed by atoms with Gasteiger partial charge in [0.1, 0.15) is 4.93 Å². The Labute approximate surface area is 80.0 Å². The molecule has 0 aromatic carbocycles. The zero-order chi connectivity index (χ0) is 9.20. The van der Waals surface area contributed by atoms with Crippen LogP contribution in [0.4, 0.5) is 0 Å². The normalized spacial score (nSPS) is 56.2. The van der Waals surface area contributed by atoms with E-state index in [1.165, 1.54) is 6.42 Å². The minimum atomic E-state index is -0.723. The van der Waals surface area contributed by atoms with Crippen LogP contribution in [0.25, 0.3) is 0 Å². The zero-order valence-corrected chi connectivity index (χ0v) is 8.99. The Balaban J connectivity index is 2.47. The molecule has 0 radical (unpaired) electrons. The molecule has 0 spiro atoms. The van der Waals surface area contributed by atoms with Crippen LogP contribution < -0.4 is 0 Å². The second-order valence-electron chi connectivity index (χ2n) is 5.31. The van der Waals surface area contributed by atoms with E-state index in [-0.39, 0.29) is 10.8 Å². The first-order valence-electron chi connectivity index (χ1n) is 4.76. The van der Waals surface area contributed by atoms with Crippen molar-refractivity contribution in [3.05, 3.63) is 0 Å². The Morgan fingerprint density at radius 3 is 2.08 bits per heavy atom. The Kier molecular flexibility index (Phi) is 1.51. The highest BCUT2D eigenvalue weighted by atomic mass is 32.1. The van der Waals surface area contributed by atoms with Gasteiger partial charge in [0.25, 0.3) is 0 Å². The van der Waals surface area contributed by atoms with Crippen LogP contribution in [0.3, 0.4) is 0 Å². The van der Waals surface area contributed by atoms with Gasteiger partial charge in [-0.05, 0) is 30.6 Å². The molecule has 12 heavy (non-hydrogen) atoms. The molecule has 2 aliphatic rings. The maximum Gasteiger partial charge on any atom is 0.113 e. The summed E-state index contributed by atoms with van der Waals surface area (Å²) in [4.78, 5) is -0.723. The fraction of sp³-hybridized carbons (Fsp3) is 1.00. The molecule has 0 unspecified atom stereocenters. The summed E-state index contributed by atoms with van der Waals surface area (Å²) in [5.74, 6) is 0.671. The summed E-state index contributed by atoms with van der Waals surface area (Å²) in [6.45, 7) is 6.74. The Morgan fingerprint density at radius 1 is 1.33 bits per heavy atom. The number of hydrogen-bond donors (Lipinski definition) is 2. The van der Waals surface area contributed by atoms with E-state index in [1.54, 1.807) is 0 Å². The van der Waals surface area contributed by atoms with Gasteiger partial charge in [-0.25, -0.2) is 0 Å². The van der Waals surface area contributed by atoms with E-state index in [0.717, 1.165) is 12.8 Å². The molecular weight excluding hydrogens is 168 g/mol. The Bertz CT molecular complexity index is 222. The van der Waals surface area contributed by atoms with Gasteiger partial charge in [-0.3, -0.25) is 0 Å². The molecule has 1 nitrogen and oxygen atoms in total. The summed E-state index contributed by atoms with van der Waals surface area (Å²) in [6.07, 6.45) is 3.27. The SMILES string of the molecule is CC1(C)[C@@H]2CC[C@@]1(C)[C@](O)(S)C2. The van der Waals surface area contributed by atoms with Gasteiger partial charge >= 0.3 is 0 Å². The Hall–Kier alpha value is 0.310. The number of rotatable bonds is 0. The quantitative estimate of drug-likeness (QED) is 0.440. The van der Waals surface area contributed by atoms with Crippen molar-refractivity contribution in [1.29, 1.82) is 0 Å². The first-order chi connectivity index (χ1) is 5.31. The fourth-order valence-corrected chi connectivity index (χ4v) is 3.86. The molecule has 0 aliphatic heterocycles. The van der Waals surface area contributed by atoms with Gasteiger partial charge in [-0.1, -0.05) is 20.8 Å². The van der Waals surface area contributed by atoms with E-state index in [2.05, 4.69) is 33.4 Å². The minimum absolute atomic E-state index is 0.0216. The molecule has 3 atom stereocenters. The van der Waals surface area contributed by atoms with Crippen LogP contribution >= 0.6 is 12.6 Å². The lowest BCUT2D eigenvalue weighted by Gasteiger charge is -2.42. The fourth-order valence-electron chi connectivity index (χ4n) is 3.24. The van der Waals surface area contributed by atoms with Gasteiger partial charge in [-0.2, -0.15) is 0 Å². The standard InChI is InChI=1S/C10H18OS/c1-8(2)7-4-5-9(8,3)10(11,12)6-7/h7,11-12H,4-6H2,1-3H3/t7-,9-,10-/m1/s1. The summed E-state index contributed by atoms with van der Waals surface area (Å²) in [5.41, 5.74) is 0.289. The van der Waals surface area contributed by atoms with Crippen LogP contribution in [0.15, 0.2) is 0 Å². The van der Waals surface area contributed by atoms with Crippen LogP contribution in [0.5, 0.6) is 0 Å². The van der Waals surface area contributed by atoms with E-state index in [1.807, 2.05) is 0 Å². The first kappa shape index (κ1) is 8.89. The first-order valence-corrected chi connectivity index (χ1v) is 5.21. The average Bonchev–Trinajstić information content (AvgIpc) is 2.18. The molecule has 0 aromatic heterocycles. The summed E-state index contributed by atoms with van der Waals surface area (Å²) >= 11 is 4.41. The van der Waals surface area contributed by atoms with Gasteiger partial charge in [0.05, 0.1) is 0 Å². The lowest BCUT2D eigenvalue weighted by Crippen LogP contribution is -2.42. The van der Waals surface area contributed by atoms with Crippen LogP contribution in [-0.4, -0.2) is 10.0 Å². The molecule has 0 aromatic rings. The highest BCUT2D eigenvalue weighted by Crippen LogP contribution is 2.70. The van der Waals surface area contributed by atoms with Crippen molar-refractivity contribution in [2.45, 2.75) is 45.0 Å². The molecule has 0 heterocycles. The maximum absolute atomic E-state index is 10.1. The van der Waals surface area contributed by atoms with Crippen LogP contribution in [-0.2, 0) is 0 Å². The predicted octanol–water partition coefficient (Wildman–Crippen LogP) is 2.45. The van der Waals surface area contributed by atoms with Gasteiger partial charge in [-0.15, -0.1) is 12.6 Å². The summed E-state index contributed by atoms with van der Waals surface area (Å²) in [6, 6.07) is 0. The van der Waals surface area contributed by atoms with Crippen molar-refractivity contribution in [1.82, 2.24) is 0 Å². The molecule has 2 bridgehead atoms. The lowest BCUT2D eigenvalue weighted by atomic mass is 9.70. The van der Waals surface area contributed by atoms with E-state index < -0.39 is 4.93 Å². The summed E-state index contributed by atoms with van der Waals surface area (Å²) in [7, 11) is 0. The third-order valence-electron chi connectivity index (χ3n) is 4.85. The lowest BCUT2D eigenvalue weighted by molar-refractivity contribution is -0.0142. The molecule has 1 N–H and O–H groups in total. The molecule has 2 aliphatic carbocycles. The molecule has 0 amide bonds. The van der Waals surface area contributed by atoms with Crippen LogP contribution in [0.2, 0.25) is 0 Å². The molecule has 2 heteroatoms.